The molecule has 0 aliphatic carbocycles. The summed E-state index contributed by atoms with van der Waals surface area (Å²) in [6, 6.07) is 9.51. The third kappa shape index (κ3) is 4.81. The van der Waals surface area contributed by atoms with Crippen LogP contribution in [-0.2, 0) is 4.79 Å². The average molecular weight is 428 g/mol. The van der Waals surface area contributed by atoms with E-state index in [4.69, 9.17) is 4.74 Å². The first kappa shape index (κ1) is 21.2. The number of methoxy groups -OCH3 is 1. The van der Waals surface area contributed by atoms with Crippen LogP contribution in [0.5, 0.6) is 5.75 Å². The second kappa shape index (κ2) is 9.40. The number of hydrogen-bond acceptors (Lipinski definition) is 6. The number of carbonyl (C=O) groups is 1. The fourth-order valence-electron chi connectivity index (χ4n) is 3.33. The molecule has 8 heteroatoms. The molecule has 4 rings (SSSR count). The lowest BCUT2D eigenvalue weighted by atomic mass is 10.0. The van der Waals surface area contributed by atoms with Crippen LogP contribution in [-0.4, -0.2) is 58.5 Å². The molecule has 0 aliphatic heterocycles. The highest BCUT2D eigenvalue weighted by Crippen LogP contribution is 2.32. The number of fused-ring (bicyclic) bond motifs is 1. The Bertz CT molecular complexity index is 1260. The molecular formula is C24H24N6O2. The lowest BCUT2D eigenvalue weighted by Crippen LogP contribution is -2.13. The minimum Gasteiger partial charge on any atom is -0.497 e. The van der Waals surface area contributed by atoms with Crippen molar-refractivity contribution in [3.8, 4) is 28.1 Å². The minimum atomic E-state index is -0.198. The monoisotopic (exact) mass is 428 g/mol. The number of H-pyrrole nitrogens is 1. The first-order valence-electron chi connectivity index (χ1n) is 10.1. The number of rotatable bonds is 7. The second-order valence-corrected chi connectivity index (χ2v) is 7.52. The number of amides is 1. The molecule has 1 aromatic carbocycles. The van der Waals surface area contributed by atoms with Gasteiger partial charge >= 0.3 is 0 Å². The molecular weight excluding hydrogens is 404 g/mol. The summed E-state index contributed by atoms with van der Waals surface area (Å²) in [5, 5.41) is 3.85. The van der Waals surface area contributed by atoms with Gasteiger partial charge in [0.25, 0.3) is 0 Å². The molecule has 0 radical (unpaired) electrons. The number of aromatic nitrogens is 4. The van der Waals surface area contributed by atoms with Gasteiger partial charge in [0.15, 0.2) is 0 Å². The molecule has 0 saturated heterocycles. The van der Waals surface area contributed by atoms with Crippen LogP contribution in [0.25, 0.3) is 33.4 Å². The number of ether oxygens (including phenoxy) is 1. The highest BCUT2D eigenvalue weighted by molar-refractivity contribution is 6.00. The van der Waals surface area contributed by atoms with Crippen LogP contribution < -0.4 is 10.1 Å². The molecule has 0 spiro atoms. The Morgan fingerprint density at radius 2 is 2.06 bits per heavy atom. The molecule has 0 aliphatic rings. The van der Waals surface area contributed by atoms with Crippen LogP contribution in [0.15, 0.2) is 67.4 Å². The van der Waals surface area contributed by atoms with Crippen LogP contribution in [0.2, 0.25) is 0 Å². The summed E-state index contributed by atoms with van der Waals surface area (Å²) >= 11 is 0. The van der Waals surface area contributed by atoms with E-state index in [1.54, 1.807) is 25.6 Å². The smallest absolute Gasteiger partial charge is 0.248 e. The van der Waals surface area contributed by atoms with Crippen molar-refractivity contribution >= 4 is 22.6 Å². The SMILES string of the molecule is COc1cc(NC(=O)C=CCN(C)C)cc(-c2cnc3[nH]cc(-c4ccncn4)c3c2)c1. The summed E-state index contributed by atoms with van der Waals surface area (Å²) in [7, 11) is 5.49. The van der Waals surface area contributed by atoms with Gasteiger partial charge in [0, 0.05) is 59.5 Å². The van der Waals surface area contributed by atoms with E-state index in [-0.39, 0.29) is 5.91 Å². The normalized spacial score (nSPS) is 11.4. The molecule has 3 heterocycles. The van der Waals surface area contributed by atoms with Gasteiger partial charge in [0.05, 0.1) is 12.8 Å². The number of pyridine rings is 1. The second-order valence-electron chi connectivity index (χ2n) is 7.52. The quantitative estimate of drug-likeness (QED) is 0.435. The number of hydrogen-bond donors (Lipinski definition) is 2. The van der Waals surface area contributed by atoms with E-state index in [1.165, 1.54) is 12.4 Å². The van der Waals surface area contributed by atoms with Crippen molar-refractivity contribution in [3.05, 3.63) is 67.4 Å². The predicted molar refractivity (Wildman–Crippen MR) is 125 cm³/mol. The molecule has 2 N–H and O–H groups in total. The van der Waals surface area contributed by atoms with Gasteiger partial charge in [-0.05, 0) is 43.9 Å². The molecule has 32 heavy (non-hydrogen) atoms. The van der Waals surface area contributed by atoms with Gasteiger partial charge in [-0.15, -0.1) is 0 Å². The molecule has 8 nitrogen and oxygen atoms in total. The molecule has 162 valence electrons. The minimum absolute atomic E-state index is 0.198. The zero-order chi connectivity index (χ0) is 22.5. The van der Waals surface area contributed by atoms with Crippen molar-refractivity contribution in [3.63, 3.8) is 0 Å². The van der Waals surface area contributed by atoms with Crippen molar-refractivity contribution in [1.82, 2.24) is 24.8 Å². The van der Waals surface area contributed by atoms with Crippen LogP contribution in [0.4, 0.5) is 5.69 Å². The lowest BCUT2D eigenvalue weighted by Gasteiger charge is -2.10. The van der Waals surface area contributed by atoms with Crippen molar-refractivity contribution in [2.45, 2.75) is 0 Å². The summed E-state index contributed by atoms with van der Waals surface area (Å²) in [5.74, 6) is 0.441. The van der Waals surface area contributed by atoms with Crippen LogP contribution >= 0.6 is 0 Å². The first-order valence-corrected chi connectivity index (χ1v) is 10.1. The Hall–Kier alpha value is -4.04. The molecule has 0 unspecified atom stereocenters. The van der Waals surface area contributed by atoms with Crippen LogP contribution in [0.1, 0.15) is 0 Å². The predicted octanol–water partition coefficient (Wildman–Crippen LogP) is 3.75. The third-order valence-corrected chi connectivity index (χ3v) is 4.87. The maximum atomic E-state index is 12.3. The van der Waals surface area contributed by atoms with E-state index >= 15 is 0 Å². The Labute approximate surface area is 186 Å². The number of nitrogens with zero attached hydrogens (tertiary/aromatic N) is 4. The van der Waals surface area contributed by atoms with Gasteiger partial charge in [0.2, 0.25) is 5.91 Å². The summed E-state index contributed by atoms with van der Waals surface area (Å²) in [6.45, 7) is 0.688. The number of nitrogens with one attached hydrogen (secondary N) is 2. The summed E-state index contributed by atoms with van der Waals surface area (Å²) < 4.78 is 5.46. The van der Waals surface area contributed by atoms with Gasteiger partial charge in [-0.3, -0.25) is 4.79 Å². The van der Waals surface area contributed by atoms with E-state index in [0.29, 0.717) is 18.0 Å². The lowest BCUT2D eigenvalue weighted by molar-refractivity contribution is -0.111. The molecule has 0 saturated carbocycles. The van der Waals surface area contributed by atoms with Gasteiger partial charge in [0.1, 0.15) is 17.7 Å². The third-order valence-electron chi connectivity index (χ3n) is 4.87. The zero-order valence-electron chi connectivity index (χ0n) is 18.2. The number of anilines is 1. The Morgan fingerprint density at radius 1 is 1.19 bits per heavy atom. The maximum absolute atomic E-state index is 12.3. The highest BCUT2D eigenvalue weighted by atomic mass is 16.5. The fourth-order valence-corrected chi connectivity index (χ4v) is 3.33. The molecule has 3 aromatic heterocycles. The van der Waals surface area contributed by atoms with E-state index < -0.39 is 0 Å². The number of benzene rings is 1. The van der Waals surface area contributed by atoms with Gasteiger partial charge in [-0.2, -0.15) is 0 Å². The fraction of sp³-hybridized carbons (Fsp3) is 0.167. The van der Waals surface area contributed by atoms with Gasteiger partial charge in [-0.1, -0.05) is 6.08 Å². The summed E-state index contributed by atoms with van der Waals surface area (Å²) in [4.78, 5) is 30.4. The van der Waals surface area contributed by atoms with Crippen LogP contribution in [0.3, 0.4) is 0 Å². The zero-order valence-corrected chi connectivity index (χ0v) is 18.2. The Kier molecular flexibility index (Phi) is 6.23. The topological polar surface area (TPSA) is 96.0 Å². The largest absolute Gasteiger partial charge is 0.497 e. The summed E-state index contributed by atoms with van der Waals surface area (Å²) in [6.07, 6.45) is 10.3. The summed E-state index contributed by atoms with van der Waals surface area (Å²) in [5.41, 5.74) is 4.94. The molecule has 0 atom stereocenters. The highest BCUT2D eigenvalue weighted by Gasteiger charge is 2.12. The average Bonchev–Trinajstić information content (AvgIpc) is 3.22. The molecule has 1 amide bonds. The standard InChI is InChI=1S/C24H24N6O2/c1-30(2)8-4-5-23(31)29-18-9-16(10-19(12-18)32-3)17-11-20-21(14-27-24(20)26-13-17)22-6-7-25-15-28-22/h4-7,9-15H,8H2,1-3H3,(H,26,27)(H,29,31). The van der Waals surface area contributed by atoms with E-state index in [1.807, 2.05) is 55.5 Å². The molecule has 0 bridgehead atoms. The van der Waals surface area contributed by atoms with Crippen molar-refractivity contribution < 1.29 is 9.53 Å². The van der Waals surface area contributed by atoms with Crippen molar-refractivity contribution in [1.29, 1.82) is 0 Å². The van der Waals surface area contributed by atoms with Crippen LogP contribution in [0, 0.1) is 0 Å². The Morgan fingerprint density at radius 3 is 2.81 bits per heavy atom. The van der Waals surface area contributed by atoms with E-state index in [2.05, 4.69) is 25.3 Å². The van der Waals surface area contributed by atoms with Crippen molar-refractivity contribution in [2.75, 3.05) is 33.1 Å². The van der Waals surface area contributed by atoms with Gasteiger partial charge < -0.3 is 19.9 Å². The van der Waals surface area contributed by atoms with E-state index in [9.17, 15) is 4.79 Å². The molecule has 0 fully saturated rings. The number of carbonyl (C=O) groups excluding carboxylic acids is 1. The maximum Gasteiger partial charge on any atom is 0.248 e. The van der Waals surface area contributed by atoms with Crippen molar-refractivity contribution in [2.24, 2.45) is 0 Å². The van der Waals surface area contributed by atoms with Gasteiger partial charge in [-0.25, -0.2) is 15.0 Å². The number of likely N-dealkylation sites (N-methyl/N-ethyl adjacent to an activating group) is 1. The van der Waals surface area contributed by atoms with E-state index in [0.717, 1.165) is 33.4 Å². The molecule has 4 aromatic rings. The Balaban J connectivity index is 1.67. The first-order chi connectivity index (χ1) is 15.5. The number of aromatic amines is 1.